The van der Waals surface area contributed by atoms with E-state index in [1.165, 1.54) is 12.7 Å². The highest BCUT2D eigenvalue weighted by molar-refractivity contribution is 5.82. The number of carbonyl (C=O) groups is 2. The Hall–Kier alpha value is -2.18. The van der Waals surface area contributed by atoms with Crippen molar-refractivity contribution in [3.8, 4) is 0 Å². The summed E-state index contributed by atoms with van der Waals surface area (Å²) in [5.74, 6) is -0.00344. The van der Waals surface area contributed by atoms with Crippen LogP contribution in [0, 0.1) is 12.8 Å². The highest BCUT2D eigenvalue weighted by Crippen LogP contribution is 2.34. The van der Waals surface area contributed by atoms with Gasteiger partial charge in [0.2, 0.25) is 11.8 Å². The topological polar surface area (TPSA) is 53.1 Å². The van der Waals surface area contributed by atoms with Crippen LogP contribution >= 0.6 is 0 Å². The van der Waals surface area contributed by atoms with Gasteiger partial charge in [0.15, 0.2) is 0 Å². The molecule has 1 aromatic rings. The van der Waals surface area contributed by atoms with Crippen molar-refractivity contribution in [2.45, 2.75) is 25.8 Å². The van der Waals surface area contributed by atoms with Gasteiger partial charge in [0.25, 0.3) is 0 Å². The van der Waals surface area contributed by atoms with Crippen molar-refractivity contribution in [3.05, 3.63) is 48.0 Å². The second-order valence-corrected chi connectivity index (χ2v) is 8.10. The van der Waals surface area contributed by atoms with Crippen molar-refractivity contribution in [2.75, 3.05) is 53.0 Å². The fourth-order valence-corrected chi connectivity index (χ4v) is 4.47. The van der Waals surface area contributed by atoms with Gasteiger partial charge in [-0.3, -0.25) is 14.5 Å². The zero-order valence-electron chi connectivity index (χ0n) is 17.7. The minimum atomic E-state index is -0.136. The van der Waals surface area contributed by atoms with Gasteiger partial charge < -0.3 is 14.5 Å². The maximum atomic E-state index is 13.2. The number of rotatable bonds is 6. The standard InChI is InChI=1S/C23H33N3O3/c1-4-10-24-11-13-25(14-12-24)23(28)20-8-9-21(19-7-5-6-18(2)15-19)26(16-20)22(27)17-29-3/h4-7,15,20-21H,1,8-14,16-17H2,2-3H3. The molecule has 6 nitrogen and oxygen atoms in total. The number of likely N-dealkylation sites (tertiary alicyclic amines) is 1. The largest absolute Gasteiger partial charge is 0.375 e. The van der Waals surface area contributed by atoms with E-state index in [0.717, 1.165) is 51.1 Å². The Labute approximate surface area is 174 Å². The first-order valence-corrected chi connectivity index (χ1v) is 10.5. The van der Waals surface area contributed by atoms with Crippen LogP contribution in [0.3, 0.4) is 0 Å². The molecule has 3 rings (SSSR count). The van der Waals surface area contributed by atoms with E-state index in [9.17, 15) is 9.59 Å². The zero-order valence-corrected chi connectivity index (χ0v) is 17.7. The van der Waals surface area contributed by atoms with E-state index >= 15 is 0 Å². The van der Waals surface area contributed by atoms with Crippen LogP contribution in [0.15, 0.2) is 36.9 Å². The normalized spacial score (nSPS) is 23.1. The molecule has 6 heteroatoms. The van der Waals surface area contributed by atoms with Gasteiger partial charge in [-0.1, -0.05) is 35.9 Å². The molecular formula is C23H33N3O3. The Morgan fingerprint density at radius 3 is 2.62 bits per heavy atom. The summed E-state index contributed by atoms with van der Waals surface area (Å²) in [4.78, 5) is 32.1. The molecule has 0 aromatic heterocycles. The fraction of sp³-hybridized carbons (Fsp3) is 0.565. The molecule has 2 aliphatic rings. The van der Waals surface area contributed by atoms with Gasteiger partial charge >= 0.3 is 0 Å². The first-order chi connectivity index (χ1) is 14.0. The van der Waals surface area contributed by atoms with Crippen molar-refractivity contribution in [2.24, 2.45) is 5.92 Å². The fourth-order valence-electron chi connectivity index (χ4n) is 4.47. The molecule has 2 aliphatic heterocycles. The van der Waals surface area contributed by atoms with Crippen molar-refractivity contribution >= 4 is 11.8 Å². The van der Waals surface area contributed by atoms with Crippen LogP contribution in [0.1, 0.15) is 30.0 Å². The number of hydrogen-bond donors (Lipinski definition) is 0. The number of hydrogen-bond acceptors (Lipinski definition) is 4. The Morgan fingerprint density at radius 2 is 1.97 bits per heavy atom. The van der Waals surface area contributed by atoms with Crippen LogP contribution in [0.5, 0.6) is 0 Å². The lowest BCUT2D eigenvalue weighted by Gasteiger charge is -2.42. The second-order valence-electron chi connectivity index (χ2n) is 8.10. The van der Waals surface area contributed by atoms with Gasteiger partial charge in [-0.05, 0) is 25.3 Å². The van der Waals surface area contributed by atoms with E-state index in [0.29, 0.717) is 6.54 Å². The highest BCUT2D eigenvalue weighted by atomic mass is 16.5. The minimum Gasteiger partial charge on any atom is -0.375 e. The highest BCUT2D eigenvalue weighted by Gasteiger charge is 2.37. The molecule has 0 spiro atoms. The SMILES string of the molecule is C=CCN1CCN(C(=O)C2CCC(c3cccc(C)c3)N(C(=O)COC)C2)CC1. The van der Waals surface area contributed by atoms with Gasteiger partial charge in [0.1, 0.15) is 6.61 Å². The minimum absolute atomic E-state index is 0.00559. The van der Waals surface area contributed by atoms with Gasteiger partial charge in [0, 0.05) is 46.4 Å². The van der Waals surface area contributed by atoms with E-state index in [1.54, 1.807) is 0 Å². The maximum absolute atomic E-state index is 13.2. The average Bonchev–Trinajstić information content (AvgIpc) is 2.74. The smallest absolute Gasteiger partial charge is 0.249 e. The van der Waals surface area contributed by atoms with Crippen molar-refractivity contribution in [1.82, 2.24) is 14.7 Å². The predicted molar refractivity (Wildman–Crippen MR) is 113 cm³/mol. The van der Waals surface area contributed by atoms with Crippen LogP contribution < -0.4 is 0 Å². The lowest BCUT2D eigenvalue weighted by atomic mass is 9.87. The molecule has 0 N–H and O–H groups in total. The lowest BCUT2D eigenvalue weighted by molar-refractivity contribution is -0.146. The molecule has 158 valence electrons. The van der Waals surface area contributed by atoms with E-state index in [-0.39, 0.29) is 30.4 Å². The molecule has 2 heterocycles. The molecule has 1 aromatic carbocycles. The summed E-state index contributed by atoms with van der Waals surface area (Å²) in [5, 5.41) is 0. The number of piperazine rings is 1. The van der Waals surface area contributed by atoms with Gasteiger partial charge in [-0.15, -0.1) is 6.58 Å². The molecule has 2 fully saturated rings. The third-order valence-corrected chi connectivity index (χ3v) is 6.02. The Kier molecular flexibility index (Phi) is 7.45. The molecule has 2 atom stereocenters. The quantitative estimate of drug-likeness (QED) is 0.689. The Bertz CT molecular complexity index is 728. The third kappa shape index (κ3) is 5.25. The third-order valence-electron chi connectivity index (χ3n) is 6.02. The Balaban J connectivity index is 1.69. The molecule has 2 unspecified atom stereocenters. The van der Waals surface area contributed by atoms with Crippen LogP contribution in [0.25, 0.3) is 0 Å². The molecule has 0 bridgehead atoms. The molecular weight excluding hydrogens is 366 g/mol. The summed E-state index contributed by atoms with van der Waals surface area (Å²) in [6.07, 6.45) is 3.51. The molecule has 2 saturated heterocycles. The number of methoxy groups -OCH3 is 1. The first kappa shape index (κ1) is 21.5. The summed E-state index contributed by atoms with van der Waals surface area (Å²) >= 11 is 0. The lowest BCUT2D eigenvalue weighted by Crippen LogP contribution is -2.53. The number of piperidine rings is 1. The predicted octanol–water partition coefficient (Wildman–Crippen LogP) is 2.25. The molecule has 2 amide bonds. The summed E-state index contributed by atoms with van der Waals surface area (Å²) < 4.78 is 5.11. The monoisotopic (exact) mass is 399 g/mol. The summed E-state index contributed by atoms with van der Waals surface area (Å²) in [7, 11) is 1.54. The van der Waals surface area contributed by atoms with Crippen molar-refractivity contribution in [1.29, 1.82) is 0 Å². The molecule has 0 radical (unpaired) electrons. The summed E-state index contributed by atoms with van der Waals surface area (Å²) in [6.45, 7) is 10.5. The van der Waals surface area contributed by atoms with Gasteiger partial charge in [-0.2, -0.15) is 0 Å². The van der Waals surface area contributed by atoms with Crippen molar-refractivity contribution in [3.63, 3.8) is 0 Å². The maximum Gasteiger partial charge on any atom is 0.249 e. The average molecular weight is 400 g/mol. The summed E-state index contributed by atoms with van der Waals surface area (Å²) in [6, 6.07) is 8.31. The number of ether oxygens (including phenoxy) is 1. The van der Waals surface area contributed by atoms with Crippen molar-refractivity contribution < 1.29 is 14.3 Å². The molecule has 29 heavy (non-hydrogen) atoms. The zero-order chi connectivity index (χ0) is 20.8. The van der Waals surface area contributed by atoms with Crippen LogP contribution in [0.4, 0.5) is 0 Å². The second kappa shape index (κ2) is 10.0. The summed E-state index contributed by atoms with van der Waals surface area (Å²) in [5.41, 5.74) is 2.32. The molecule has 0 aliphatic carbocycles. The van der Waals surface area contributed by atoms with E-state index < -0.39 is 0 Å². The van der Waals surface area contributed by atoms with Gasteiger partial charge in [0.05, 0.1) is 12.0 Å². The number of nitrogens with zero attached hydrogens (tertiary/aromatic N) is 3. The van der Waals surface area contributed by atoms with E-state index in [4.69, 9.17) is 4.74 Å². The van der Waals surface area contributed by atoms with Gasteiger partial charge in [-0.25, -0.2) is 0 Å². The van der Waals surface area contributed by atoms with Crippen LogP contribution in [-0.4, -0.2) is 79.5 Å². The first-order valence-electron chi connectivity index (χ1n) is 10.5. The number of carbonyl (C=O) groups excluding carboxylic acids is 2. The van der Waals surface area contributed by atoms with Crippen LogP contribution in [-0.2, 0) is 14.3 Å². The van der Waals surface area contributed by atoms with E-state index in [1.807, 2.05) is 21.9 Å². The number of amides is 2. The number of benzene rings is 1. The Morgan fingerprint density at radius 1 is 1.21 bits per heavy atom. The molecule has 0 saturated carbocycles. The number of aryl methyl sites for hydroxylation is 1. The van der Waals surface area contributed by atoms with Crippen LogP contribution in [0.2, 0.25) is 0 Å². The van der Waals surface area contributed by atoms with E-state index in [2.05, 4.69) is 36.6 Å².